The first-order valence-electron chi connectivity index (χ1n) is 5.11. The van der Waals surface area contributed by atoms with Gasteiger partial charge >= 0.3 is 5.97 Å². The zero-order chi connectivity index (χ0) is 13.9. The fourth-order valence-electron chi connectivity index (χ4n) is 1.29. The molecule has 98 valence electrons. The van der Waals surface area contributed by atoms with Crippen molar-refractivity contribution in [1.82, 2.24) is 9.97 Å². The summed E-state index contributed by atoms with van der Waals surface area (Å²) in [5.74, 6) is -1.17. The molecule has 0 radical (unpaired) electrons. The van der Waals surface area contributed by atoms with Crippen LogP contribution >= 0.6 is 0 Å². The van der Waals surface area contributed by atoms with Gasteiger partial charge in [-0.2, -0.15) is 8.42 Å². The van der Waals surface area contributed by atoms with E-state index in [0.717, 1.165) is 12.3 Å². The minimum absolute atomic E-state index is 0.0807. The van der Waals surface area contributed by atoms with E-state index in [0.29, 0.717) is 5.69 Å². The number of aromatic carboxylic acids is 1. The van der Waals surface area contributed by atoms with Gasteiger partial charge in [0.15, 0.2) is 5.03 Å². The lowest BCUT2D eigenvalue weighted by Crippen LogP contribution is -2.14. The first-order valence-corrected chi connectivity index (χ1v) is 6.59. The smallest absolute Gasteiger partial charge is 0.337 e. The van der Waals surface area contributed by atoms with Gasteiger partial charge in [-0.25, -0.2) is 9.78 Å². The van der Waals surface area contributed by atoms with Crippen molar-refractivity contribution in [2.75, 3.05) is 4.72 Å². The number of hydrogen-bond donors (Lipinski definition) is 2. The van der Waals surface area contributed by atoms with E-state index in [-0.39, 0.29) is 10.6 Å². The number of hydrogen-bond acceptors (Lipinski definition) is 5. The van der Waals surface area contributed by atoms with E-state index in [9.17, 15) is 13.2 Å². The molecular weight excluding hydrogens is 270 g/mol. The van der Waals surface area contributed by atoms with Crippen LogP contribution in [0.15, 0.2) is 47.9 Å². The van der Waals surface area contributed by atoms with Gasteiger partial charge in [-0.15, -0.1) is 0 Å². The van der Waals surface area contributed by atoms with Crippen LogP contribution in [0.4, 0.5) is 5.69 Å². The number of anilines is 1. The normalized spacial score (nSPS) is 10.9. The molecule has 2 N–H and O–H groups in total. The maximum atomic E-state index is 11.9. The Labute approximate surface area is 109 Å². The first kappa shape index (κ1) is 13.0. The number of sulfonamides is 1. The standard InChI is InChI=1S/C11H9N3O4S/c15-11(16)8-1-2-10(13-7-8)19(17,18)14-9-3-5-12-6-4-9/h1-7H,(H,12,14)(H,15,16). The molecule has 0 atom stereocenters. The number of aromatic nitrogens is 2. The number of carboxylic acids is 1. The van der Waals surface area contributed by atoms with Crippen LogP contribution in [0, 0.1) is 0 Å². The Morgan fingerprint density at radius 3 is 2.37 bits per heavy atom. The topological polar surface area (TPSA) is 109 Å². The molecule has 0 bridgehead atoms. The molecule has 0 amide bonds. The van der Waals surface area contributed by atoms with E-state index in [1.807, 2.05) is 0 Å². The summed E-state index contributed by atoms with van der Waals surface area (Å²) in [6, 6.07) is 5.29. The van der Waals surface area contributed by atoms with Gasteiger partial charge in [0.05, 0.1) is 11.3 Å². The van der Waals surface area contributed by atoms with Gasteiger partial charge in [-0.3, -0.25) is 9.71 Å². The second-order valence-corrected chi connectivity index (χ2v) is 5.16. The van der Waals surface area contributed by atoms with Crippen LogP contribution in [0.3, 0.4) is 0 Å². The summed E-state index contributed by atoms with van der Waals surface area (Å²) >= 11 is 0. The highest BCUT2D eigenvalue weighted by Crippen LogP contribution is 2.13. The predicted molar refractivity (Wildman–Crippen MR) is 66.2 cm³/mol. The van der Waals surface area contributed by atoms with Gasteiger partial charge in [0.2, 0.25) is 0 Å². The molecule has 0 aliphatic heterocycles. The number of pyridine rings is 2. The Balaban J connectivity index is 2.27. The summed E-state index contributed by atoms with van der Waals surface area (Å²) in [7, 11) is -3.84. The van der Waals surface area contributed by atoms with E-state index < -0.39 is 16.0 Å². The maximum absolute atomic E-state index is 11.9. The minimum atomic E-state index is -3.84. The van der Waals surface area contributed by atoms with Crippen molar-refractivity contribution in [2.24, 2.45) is 0 Å². The third-order valence-corrected chi connectivity index (χ3v) is 3.49. The van der Waals surface area contributed by atoms with Crippen molar-refractivity contribution < 1.29 is 18.3 Å². The van der Waals surface area contributed by atoms with E-state index in [4.69, 9.17) is 5.11 Å². The molecule has 2 heterocycles. The van der Waals surface area contributed by atoms with E-state index >= 15 is 0 Å². The zero-order valence-electron chi connectivity index (χ0n) is 9.52. The Kier molecular flexibility index (Phi) is 3.43. The molecule has 0 aromatic carbocycles. The molecule has 0 saturated heterocycles. The molecule has 2 rings (SSSR count). The van der Waals surface area contributed by atoms with Crippen LogP contribution in [0.5, 0.6) is 0 Å². The lowest BCUT2D eigenvalue weighted by Gasteiger charge is -2.06. The average Bonchev–Trinajstić information content (AvgIpc) is 2.39. The lowest BCUT2D eigenvalue weighted by molar-refractivity contribution is 0.0696. The summed E-state index contributed by atoms with van der Waals surface area (Å²) in [5, 5.41) is 8.45. The monoisotopic (exact) mass is 279 g/mol. The highest BCUT2D eigenvalue weighted by Gasteiger charge is 2.16. The molecule has 7 nitrogen and oxygen atoms in total. The Morgan fingerprint density at radius 1 is 1.16 bits per heavy atom. The molecule has 0 spiro atoms. The molecule has 2 aromatic rings. The lowest BCUT2D eigenvalue weighted by atomic mass is 10.3. The van der Waals surface area contributed by atoms with Crippen molar-refractivity contribution >= 4 is 21.7 Å². The SMILES string of the molecule is O=C(O)c1ccc(S(=O)(=O)Nc2ccncc2)nc1. The van der Waals surface area contributed by atoms with Crippen molar-refractivity contribution in [2.45, 2.75) is 5.03 Å². The zero-order valence-corrected chi connectivity index (χ0v) is 10.3. The quantitative estimate of drug-likeness (QED) is 0.863. The molecule has 0 aliphatic carbocycles. The molecule has 8 heteroatoms. The third kappa shape index (κ3) is 3.05. The molecule has 0 fully saturated rings. The van der Waals surface area contributed by atoms with Gasteiger partial charge in [0, 0.05) is 18.6 Å². The van der Waals surface area contributed by atoms with Gasteiger partial charge in [0.1, 0.15) is 0 Å². The van der Waals surface area contributed by atoms with Crippen LogP contribution in [-0.2, 0) is 10.0 Å². The summed E-state index contributed by atoms with van der Waals surface area (Å²) in [6.45, 7) is 0. The highest BCUT2D eigenvalue weighted by atomic mass is 32.2. The second kappa shape index (κ2) is 5.02. The summed E-state index contributed by atoms with van der Waals surface area (Å²) in [4.78, 5) is 18.0. The van der Waals surface area contributed by atoms with E-state index in [2.05, 4.69) is 14.7 Å². The van der Waals surface area contributed by atoms with E-state index in [1.54, 1.807) is 0 Å². The number of rotatable bonds is 4. The van der Waals surface area contributed by atoms with Crippen molar-refractivity contribution in [3.05, 3.63) is 48.4 Å². The van der Waals surface area contributed by atoms with Crippen LogP contribution in [0.25, 0.3) is 0 Å². The Hall–Kier alpha value is -2.48. The maximum Gasteiger partial charge on any atom is 0.337 e. The Bertz CT molecular complexity index is 684. The fraction of sp³-hybridized carbons (Fsp3) is 0. The van der Waals surface area contributed by atoms with Gasteiger partial charge in [-0.1, -0.05) is 0 Å². The van der Waals surface area contributed by atoms with E-state index in [1.165, 1.54) is 30.6 Å². The minimum Gasteiger partial charge on any atom is -0.478 e. The molecule has 0 saturated carbocycles. The Morgan fingerprint density at radius 2 is 1.84 bits per heavy atom. The first-order chi connectivity index (χ1) is 8.99. The number of carbonyl (C=O) groups is 1. The van der Waals surface area contributed by atoms with Crippen LogP contribution in [0.1, 0.15) is 10.4 Å². The van der Waals surface area contributed by atoms with Gasteiger partial charge in [0.25, 0.3) is 10.0 Å². The van der Waals surface area contributed by atoms with Crippen LogP contribution < -0.4 is 4.72 Å². The van der Waals surface area contributed by atoms with Crippen LogP contribution in [0.2, 0.25) is 0 Å². The number of nitrogens with zero attached hydrogens (tertiary/aromatic N) is 2. The fourth-order valence-corrected chi connectivity index (χ4v) is 2.28. The largest absolute Gasteiger partial charge is 0.478 e. The number of carboxylic acid groups (broad SMARTS) is 1. The predicted octanol–water partition coefficient (Wildman–Crippen LogP) is 0.976. The molecule has 0 aliphatic rings. The van der Waals surface area contributed by atoms with Crippen molar-refractivity contribution in [1.29, 1.82) is 0 Å². The molecule has 0 unspecified atom stereocenters. The van der Waals surface area contributed by atoms with Crippen LogP contribution in [-0.4, -0.2) is 29.5 Å². The van der Waals surface area contributed by atoms with Gasteiger partial charge in [-0.05, 0) is 24.3 Å². The summed E-state index contributed by atoms with van der Waals surface area (Å²) in [5.41, 5.74) is 0.266. The average molecular weight is 279 g/mol. The highest BCUT2D eigenvalue weighted by molar-refractivity contribution is 7.92. The third-order valence-electron chi connectivity index (χ3n) is 2.19. The van der Waals surface area contributed by atoms with Gasteiger partial charge < -0.3 is 5.11 Å². The molecular formula is C11H9N3O4S. The summed E-state index contributed by atoms with van der Waals surface area (Å²) in [6.07, 6.45) is 3.88. The number of nitrogens with one attached hydrogen (secondary N) is 1. The summed E-state index contributed by atoms with van der Waals surface area (Å²) < 4.78 is 26.2. The van der Waals surface area contributed by atoms with Crippen molar-refractivity contribution in [3.63, 3.8) is 0 Å². The molecule has 19 heavy (non-hydrogen) atoms. The molecule has 2 aromatic heterocycles. The van der Waals surface area contributed by atoms with Crippen molar-refractivity contribution in [3.8, 4) is 0 Å². The second-order valence-electron chi connectivity index (χ2n) is 3.53.